The molecule has 0 radical (unpaired) electrons. The van der Waals surface area contributed by atoms with Crippen LogP contribution in [0.3, 0.4) is 0 Å². The van der Waals surface area contributed by atoms with Gasteiger partial charge in [-0.25, -0.2) is 0 Å². The first kappa shape index (κ1) is 14.5. The van der Waals surface area contributed by atoms with Crippen LogP contribution in [0.2, 0.25) is 0 Å². The van der Waals surface area contributed by atoms with Crippen molar-refractivity contribution in [3.05, 3.63) is 0 Å². The number of amides is 2. The number of imide groups is 1. The molecular weight excluding hydrogens is 240 g/mol. The van der Waals surface area contributed by atoms with Crippen molar-refractivity contribution in [2.45, 2.75) is 64.5 Å². The van der Waals surface area contributed by atoms with E-state index < -0.39 is 0 Å². The van der Waals surface area contributed by atoms with Gasteiger partial charge in [-0.1, -0.05) is 26.7 Å². The zero-order valence-corrected chi connectivity index (χ0v) is 12.3. The second-order valence-electron chi connectivity index (χ2n) is 6.57. The highest BCUT2D eigenvalue weighted by Gasteiger charge is 2.37. The smallest absolute Gasteiger partial charge is 0.246 e. The topological polar surface area (TPSA) is 49.4 Å². The van der Waals surface area contributed by atoms with Crippen molar-refractivity contribution in [2.24, 2.45) is 11.8 Å². The van der Waals surface area contributed by atoms with Crippen molar-refractivity contribution < 1.29 is 9.59 Å². The third kappa shape index (κ3) is 3.56. The van der Waals surface area contributed by atoms with Gasteiger partial charge in [0.1, 0.15) is 0 Å². The fourth-order valence-corrected chi connectivity index (χ4v) is 3.49. The molecule has 0 aromatic carbocycles. The van der Waals surface area contributed by atoms with E-state index in [1.165, 1.54) is 24.2 Å². The minimum Gasteiger partial charge on any atom is -0.303 e. The van der Waals surface area contributed by atoms with Crippen LogP contribution in [-0.4, -0.2) is 35.8 Å². The predicted octanol–water partition coefficient (Wildman–Crippen LogP) is 1.94. The molecule has 0 aromatic rings. The first-order chi connectivity index (χ1) is 8.97. The van der Waals surface area contributed by atoms with Crippen molar-refractivity contribution in [2.75, 3.05) is 7.05 Å². The first-order valence-electron chi connectivity index (χ1n) is 7.53. The number of carbonyl (C=O) groups excluding carboxylic acids is 2. The lowest BCUT2D eigenvalue weighted by molar-refractivity contribution is -0.137. The van der Waals surface area contributed by atoms with Crippen molar-refractivity contribution in [3.8, 4) is 0 Å². The summed E-state index contributed by atoms with van der Waals surface area (Å²) in [6, 6.07) is 0.131. The SMILES string of the molecule is CC(C)CC1CCCC(NC2CC(=O)N(C)C2=O)C1. The minimum absolute atomic E-state index is 0.0583. The van der Waals surface area contributed by atoms with Crippen LogP contribution >= 0.6 is 0 Å². The van der Waals surface area contributed by atoms with Gasteiger partial charge in [-0.05, 0) is 31.1 Å². The Bertz CT molecular complexity index is 354. The summed E-state index contributed by atoms with van der Waals surface area (Å²) >= 11 is 0. The maximum absolute atomic E-state index is 11.9. The molecule has 108 valence electrons. The Kier molecular flexibility index (Phi) is 4.61. The molecular formula is C15H26N2O2. The molecule has 1 aliphatic heterocycles. The number of hydrogen-bond acceptors (Lipinski definition) is 3. The van der Waals surface area contributed by atoms with Crippen LogP contribution in [0.25, 0.3) is 0 Å². The molecule has 3 atom stereocenters. The summed E-state index contributed by atoms with van der Waals surface area (Å²) in [7, 11) is 1.58. The van der Waals surface area contributed by atoms with Crippen LogP contribution in [0.5, 0.6) is 0 Å². The third-order valence-corrected chi connectivity index (χ3v) is 4.41. The first-order valence-corrected chi connectivity index (χ1v) is 7.53. The van der Waals surface area contributed by atoms with E-state index in [1.807, 2.05) is 0 Å². The van der Waals surface area contributed by atoms with Crippen LogP contribution in [0.4, 0.5) is 0 Å². The molecule has 0 spiro atoms. The maximum Gasteiger partial charge on any atom is 0.246 e. The van der Waals surface area contributed by atoms with Gasteiger partial charge in [0.2, 0.25) is 11.8 Å². The molecule has 1 N–H and O–H groups in total. The van der Waals surface area contributed by atoms with Crippen LogP contribution < -0.4 is 5.32 Å². The molecule has 1 saturated carbocycles. The fraction of sp³-hybridized carbons (Fsp3) is 0.867. The van der Waals surface area contributed by atoms with Gasteiger partial charge in [-0.15, -0.1) is 0 Å². The number of likely N-dealkylation sites (N-methyl/N-ethyl adjacent to an activating group) is 1. The molecule has 19 heavy (non-hydrogen) atoms. The van der Waals surface area contributed by atoms with Gasteiger partial charge in [0, 0.05) is 13.1 Å². The predicted molar refractivity (Wildman–Crippen MR) is 74.5 cm³/mol. The number of nitrogens with zero attached hydrogens (tertiary/aromatic N) is 1. The maximum atomic E-state index is 11.9. The number of nitrogens with one attached hydrogen (secondary N) is 1. The molecule has 0 bridgehead atoms. The van der Waals surface area contributed by atoms with Gasteiger partial charge in [-0.2, -0.15) is 0 Å². The number of carbonyl (C=O) groups is 2. The van der Waals surface area contributed by atoms with Gasteiger partial charge in [0.15, 0.2) is 0 Å². The summed E-state index contributed by atoms with van der Waals surface area (Å²) in [6.45, 7) is 4.54. The lowest BCUT2D eigenvalue weighted by atomic mass is 9.81. The lowest BCUT2D eigenvalue weighted by Gasteiger charge is -2.32. The van der Waals surface area contributed by atoms with E-state index >= 15 is 0 Å². The summed E-state index contributed by atoms with van der Waals surface area (Å²) in [5.74, 6) is 1.40. The van der Waals surface area contributed by atoms with Crippen molar-refractivity contribution >= 4 is 11.8 Å². The zero-order valence-electron chi connectivity index (χ0n) is 12.3. The Labute approximate surface area is 115 Å². The molecule has 1 aliphatic carbocycles. The second kappa shape index (κ2) is 6.04. The van der Waals surface area contributed by atoms with Crippen LogP contribution in [0, 0.1) is 11.8 Å². The van der Waals surface area contributed by atoms with Crippen LogP contribution in [0.1, 0.15) is 52.4 Å². The number of rotatable bonds is 4. The van der Waals surface area contributed by atoms with E-state index in [0.29, 0.717) is 12.5 Å². The standard InChI is InChI=1S/C15H26N2O2/c1-10(2)7-11-5-4-6-12(8-11)16-13-9-14(18)17(3)15(13)19/h10-13,16H,4-9H2,1-3H3. The van der Waals surface area contributed by atoms with E-state index in [4.69, 9.17) is 0 Å². The highest BCUT2D eigenvalue weighted by molar-refractivity contribution is 6.05. The van der Waals surface area contributed by atoms with Crippen molar-refractivity contribution in [1.82, 2.24) is 10.2 Å². The fourth-order valence-electron chi connectivity index (χ4n) is 3.49. The van der Waals surface area contributed by atoms with Crippen molar-refractivity contribution in [1.29, 1.82) is 0 Å². The van der Waals surface area contributed by atoms with Gasteiger partial charge in [0.25, 0.3) is 0 Å². The number of likely N-dealkylation sites (tertiary alicyclic amines) is 1. The van der Waals surface area contributed by atoms with Gasteiger partial charge >= 0.3 is 0 Å². The van der Waals surface area contributed by atoms with E-state index in [1.54, 1.807) is 7.05 Å². The highest BCUT2D eigenvalue weighted by Crippen LogP contribution is 2.30. The molecule has 2 amide bonds. The molecule has 2 aliphatic rings. The van der Waals surface area contributed by atoms with E-state index in [2.05, 4.69) is 19.2 Å². The molecule has 1 heterocycles. The average Bonchev–Trinajstić information content (AvgIpc) is 2.57. The van der Waals surface area contributed by atoms with E-state index in [0.717, 1.165) is 24.7 Å². The normalized spacial score (nSPS) is 32.4. The summed E-state index contributed by atoms with van der Waals surface area (Å²) < 4.78 is 0. The third-order valence-electron chi connectivity index (χ3n) is 4.41. The summed E-state index contributed by atoms with van der Waals surface area (Å²) in [5.41, 5.74) is 0. The van der Waals surface area contributed by atoms with E-state index in [-0.39, 0.29) is 17.9 Å². The summed E-state index contributed by atoms with van der Waals surface area (Å²) in [4.78, 5) is 24.7. The minimum atomic E-state index is -0.278. The largest absolute Gasteiger partial charge is 0.303 e. The Morgan fingerprint density at radius 1 is 1.32 bits per heavy atom. The Morgan fingerprint density at radius 3 is 2.63 bits per heavy atom. The number of hydrogen-bond donors (Lipinski definition) is 1. The lowest BCUT2D eigenvalue weighted by Crippen LogP contribution is -2.45. The quantitative estimate of drug-likeness (QED) is 0.791. The van der Waals surface area contributed by atoms with Crippen LogP contribution in [-0.2, 0) is 9.59 Å². The molecule has 4 nitrogen and oxygen atoms in total. The Balaban J connectivity index is 1.86. The molecule has 2 fully saturated rings. The molecule has 4 heteroatoms. The molecule has 3 unspecified atom stereocenters. The summed E-state index contributed by atoms with van der Waals surface area (Å²) in [6.07, 6.45) is 6.44. The van der Waals surface area contributed by atoms with Gasteiger partial charge in [-0.3, -0.25) is 14.5 Å². The monoisotopic (exact) mass is 266 g/mol. The van der Waals surface area contributed by atoms with Crippen LogP contribution in [0.15, 0.2) is 0 Å². The van der Waals surface area contributed by atoms with Gasteiger partial charge < -0.3 is 5.32 Å². The molecule has 0 aromatic heterocycles. The van der Waals surface area contributed by atoms with Gasteiger partial charge in [0.05, 0.1) is 12.5 Å². The van der Waals surface area contributed by atoms with E-state index in [9.17, 15) is 9.59 Å². The van der Waals surface area contributed by atoms with Crippen molar-refractivity contribution in [3.63, 3.8) is 0 Å². The average molecular weight is 266 g/mol. The molecule has 1 saturated heterocycles. The highest BCUT2D eigenvalue weighted by atomic mass is 16.2. The molecule has 2 rings (SSSR count). The zero-order chi connectivity index (χ0) is 14.0. The summed E-state index contributed by atoms with van der Waals surface area (Å²) in [5, 5.41) is 3.42. The Hall–Kier alpha value is -0.900. The second-order valence-corrected chi connectivity index (χ2v) is 6.57. The Morgan fingerprint density at radius 2 is 2.05 bits per heavy atom.